The van der Waals surface area contributed by atoms with E-state index in [0.29, 0.717) is 62.9 Å². The van der Waals surface area contributed by atoms with E-state index in [1.54, 1.807) is 14.2 Å². The first-order chi connectivity index (χ1) is 25.5. The van der Waals surface area contributed by atoms with Gasteiger partial charge in [0.2, 0.25) is 0 Å². The number of methoxy groups -OCH3 is 2. The number of rotatable bonds is 6. The lowest BCUT2D eigenvalue weighted by Crippen LogP contribution is -2.58. The predicted molar refractivity (Wildman–Crippen MR) is 210 cm³/mol. The number of hydrogen-bond donors (Lipinski definition) is 4. The van der Waals surface area contributed by atoms with Gasteiger partial charge in [-0.05, 0) is 89.0 Å². The van der Waals surface area contributed by atoms with Crippen LogP contribution in [0.2, 0.25) is 0 Å². The molecule has 12 heteroatoms. The highest BCUT2D eigenvalue weighted by Crippen LogP contribution is 2.40. The van der Waals surface area contributed by atoms with Gasteiger partial charge >= 0.3 is 5.97 Å². The number of carbonyl (C=O) groups excluding carboxylic acids is 2. The van der Waals surface area contributed by atoms with Crippen LogP contribution in [-0.2, 0) is 28.5 Å². The Morgan fingerprint density at radius 1 is 1.00 bits per heavy atom. The summed E-state index contributed by atoms with van der Waals surface area (Å²) in [5.74, 6) is -3.35. The van der Waals surface area contributed by atoms with E-state index in [4.69, 9.17) is 31.2 Å². The van der Waals surface area contributed by atoms with Crippen molar-refractivity contribution in [3.05, 3.63) is 23.3 Å². The summed E-state index contributed by atoms with van der Waals surface area (Å²) in [6.45, 7) is 12.3. The Morgan fingerprint density at radius 3 is 2.33 bits per heavy atom. The molecule has 0 aromatic heterocycles. The van der Waals surface area contributed by atoms with Crippen LogP contribution in [0.3, 0.4) is 0 Å². The first kappa shape index (κ1) is 44.9. The first-order valence-corrected chi connectivity index (χ1v) is 20.8. The molecule has 0 spiro atoms. The lowest BCUT2D eigenvalue weighted by Gasteiger charge is -2.48. The molecule has 0 aromatic rings. The second-order valence-corrected chi connectivity index (χ2v) is 17.5. The summed E-state index contributed by atoms with van der Waals surface area (Å²) < 4.78 is 24.9. The third-order valence-corrected chi connectivity index (χ3v) is 13.0. The highest BCUT2D eigenvalue weighted by molar-refractivity contribution is 7.80. The van der Waals surface area contributed by atoms with Crippen LogP contribution in [0.4, 0.5) is 0 Å². The fourth-order valence-electron chi connectivity index (χ4n) is 9.28. The van der Waals surface area contributed by atoms with Gasteiger partial charge in [0.15, 0.2) is 5.79 Å². The molecule has 0 amide bonds. The van der Waals surface area contributed by atoms with Crippen molar-refractivity contribution in [2.45, 2.75) is 173 Å². The zero-order valence-electron chi connectivity index (χ0n) is 33.9. The minimum Gasteiger partial charge on any atom is -0.456 e. The summed E-state index contributed by atoms with van der Waals surface area (Å²) in [7, 11) is 3.30. The summed E-state index contributed by atoms with van der Waals surface area (Å²) in [5, 5.41) is 44.3. The summed E-state index contributed by atoms with van der Waals surface area (Å²) in [6, 6.07) is -0.695. The van der Waals surface area contributed by atoms with E-state index in [2.05, 4.69) is 6.92 Å². The lowest BCUT2D eigenvalue weighted by molar-refractivity contribution is -0.318. The molecule has 2 saturated heterocycles. The third-order valence-electron chi connectivity index (χ3n) is 12.6. The van der Waals surface area contributed by atoms with Crippen LogP contribution in [-0.4, -0.2) is 117 Å². The maximum absolute atomic E-state index is 14.2. The van der Waals surface area contributed by atoms with Crippen molar-refractivity contribution < 1.29 is 49.0 Å². The third kappa shape index (κ3) is 11.2. The lowest BCUT2D eigenvalue weighted by atomic mass is 9.81. The van der Waals surface area contributed by atoms with E-state index in [-0.39, 0.29) is 54.5 Å². The minimum absolute atomic E-state index is 0.0162. The summed E-state index contributed by atoms with van der Waals surface area (Å²) in [6.07, 6.45) is 5.23. The number of hydrogen-bond acceptors (Lipinski definition) is 11. The van der Waals surface area contributed by atoms with Crippen LogP contribution < -0.4 is 0 Å². The molecule has 0 aromatic carbocycles. The van der Waals surface area contributed by atoms with Gasteiger partial charge in [-0.1, -0.05) is 64.1 Å². The standard InChI is InChI=1S/C42H69NO10S/c1-9-11-30-17-24(2)16-25(3)18-36(50-7)40-37(51-8)20-27(5)42(49,53-40)23-38(54)43-15-10-12-31(43)41(48)52-39(28(6)33(45)22-34(30)46)26(4)19-29-13-14-32(44)35(47)21-29/h17,19,25,27-33,35-37,39-40,44-45,47,49H,9-16,18,20-23H2,1-8H3/b24-17+,26-19+/t25-,27+,28+,29-,30+,31-,32+,33-,35+,36-,37-,39+,40+,42-/m0/s1. The van der Waals surface area contributed by atoms with E-state index in [0.717, 1.165) is 24.0 Å². The highest BCUT2D eigenvalue weighted by atomic mass is 32.1. The maximum Gasteiger partial charge on any atom is 0.329 e. The van der Waals surface area contributed by atoms with Crippen molar-refractivity contribution in [2.75, 3.05) is 20.8 Å². The van der Waals surface area contributed by atoms with Gasteiger partial charge < -0.3 is 44.3 Å². The topological polar surface area (TPSA) is 155 Å². The molecule has 308 valence electrons. The van der Waals surface area contributed by atoms with Crippen molar-refractivity contribution >= 4 is 29.0 Å². The molecular weight excluding hydrogens is 711 g/mol. The highest BCUT2D eigenvalue weighted by Gasteiger charge is 2.50. The van der Waals surface area contributed by atoms with Crippen molar-refractivity contribution in [3.63, 3.8) is 0 Å². The van der Waals surface area contributed by atoms with Gasteiger partial charge in [-0.15, -0.1) is 0 Å². The number of cyclic esters (lactones) is 1. The molecular formula is C42H69NO10S. The SMILES string of the molecule is CCC[C@@H]1/C=C(\C)C[C@H](C)C[C@H](OC)[C@H]2O[C@@](O)(CC(=S)N3CCC[C@H]3C(=O)O[C@H](/C(C)=C/[C@@H]3CC[C@@H](O)[C@H](O)C3)[C@H](C)[C@@H](O)CC1=O)[C@H](C)C[C@@H]2OC. The summed E-state index contributed by atoms with van der Waals surface area (Å²) in [4.78, 5) is 30.3. The Bertz CT molecular complexity index is 1340. The number of Topliss-reactive ketones (excluding diaryl/α,β-unsaturated/α-hetero) is 1. The van der Waals surface area contributed by atoms with Crippen LogP contribution in [0, 0.1) is 29.6 Å². The molecule has 4 rings (SSSR count). The molecule has 54 heavy (non-hydrogen) atoms. The van der Waals surface area contributed by atoms with Crippen molar-refractivity contribution in [3.8, 4) is 0 Å². The van der Waals surface area contributed by atoms with E-state index < -0.39 is 54.2 Å². The number of aliphatic hydroxyl groups is 4. The number of nitrogens with zero attached hydrogens (tertiary/aromatic N) is 1. The second kappa shape index (κ2) is 20.1. The van der Waals surface area contributed by atoms with Gasteiger partial charge in [0.05, 0.1) is 41.9 Å². The maximum atomic E-state index is 14.2. The smallest absolute Gasteiger partial charge is 0.329 e. The summed E-state index contributed by atoms with van der Waals surface area (Å²) >= 11 is 5.97. The number of esters is 1. The number of ether oxygens (including phenoxy) is 4. The van der Waals surface area contributed by atoms with Crippen molar-refractivity contribution in [1.82, 2.24) is 4.90 Å². The molecule has 14 atom stereocenters. The van der Waals surface area contributed by atoms with Gasteiger partial charge in [0.25, 0.3) is 0 Å². The second-order valence-electron chi connectivity index (χ2n) is 17.1. The fourth-order valence-corrected chi connectivity index (χ4v) is 9.71. The number of fused-ring (bicyclic) bond motifs is 3. The molecule has 3 heterocycles. The van der Waals surface area contributed by atoms with Gasteiger partial charge in [0.1, 0.15) is 24.0 Å². The average molecular weight is 780 g/mol. The number of aliphatic hydroxyl groups excluding tert-OH is 3. The van der Waals surface area contributed by atoms with Crippen LogP contribution in [0.5, 0.6) is 0 Å². The average Bonchev–Trinajstić information content (AvgIpc) is 3.62. The van der Waals surface area contributed by atoms with Gasteiger partial charge in [-0.25, -0.2) is 4.79 Å². The molecule has 2 bridgehead atoms. The van der Waals surface area contributed by atoms with E-state index in [1.807, 2.05) is 51.7 Å². The molecule has 0 unspecified atom stereocenters. The van der Waals surface area contributed by atoms with E-state index >= 15 is 0 Å². The molecule has 3 fully saturated rings. The fraction of sp³-hybridized carbons (Fsp3) is 0.833. The molecule has 4 N–H and O–H groups in total. The number of allylic oxidation sites excluding steroid dienone is 3. The number of carbonyl (C=O) groups is 2. The summed E-state index contributed by atoms with van der Waals surface area (Å²) in [5.41, 5.74) is 1.80. The van der Waals surface area contributed by atoms with Crippen LogP contribution in [0.15, 0.2) is 23.3 Å². The predicted octanol–water partition coefficient (Wildman–Crippen LogP) is 5.44. The minimum atomic E-state index is -1.62. The molecule has 1 aliphatic carbocycles. The Labute approximate surface area is 328 Å². The Kier molecular flexibility index (Phi) is 16.7. The van der Waals surface area contributed by atoms with Crippen LogP contribution in [0.25, 0.3) is 0 Å². The van der Waals surface area contributed by atoms with Crippen molar-refractivity contribution in [2.24, 2.45) is 29.6 Å². The monoisotopic (exact) mass is 779 g/mol. The van der Waals surface area contributed by atoms with Gasteiger partial charge in [-0.2, -0.15) is 0 Å². The van der Waals surface area contributed by atoms with Gasteiger partial charge in [0, 0.05) is 44.9 Å². The van der Waals surface area contributed by atoms with E-state index in [1.165, 1.54) is 0 Å². The molecule has 4 aliphatic rings. The largest absolute Gasteiger partial charge is 0.456 e. The van der Waals surface area contributed by atoms with Crippen LogP contribution >= 0.6 is 12.2 Å². The molecule has 0 radical (unpaired) electrons. The molecule has 1 saturated carbocycles. The Balaban J connectivity index is 1.72. The van der Waals surface area contributed by atoms with Gasteiger partial charge in [-0.3, -0.25) is 4.79 Å². The first-order valence-electron chi connectivity index (χ1n) is 20.4. The Morgan fingerprint density at radius 2 is 1.69 bits per heavy atom. The zero-order valence-corrected chi connectivity index (χ0v) is 34.8. The van der Waals surface area contributed by atoms with Crippen molar-refractivity contribution in [1.29, 1.82) is 0 Å². The zero-order chi connectivity index (χ0) is 39.9. The quantitative estimate of drug-likeness (QED) is 0.154. The number of thiocarbonyl (C=S) groups is 1. The van der Waals surface area contributed by atoms with E-state index in [9.17, 15) is 30.0 Å². The number of ketones is 1. The molecule has 3 aliphatic heterocycles. The molecule has 11 nitrogen and oxygen atoms in total. The van der Waals surface area contributed by atoms with Crippen LogP contribution in [0.1, 0.15) is 119 Å². The Hall–Kier alpha value is -1.77. The normalized spacial score (nSPS) is 42.4.